The molecule has 0 radical (unpaired) electrons. The Kier molecular flexibility index (Phi) is 5.86. The van der Waals surface area contributed by atoms with Gasteiger partial charge in [0.15, 0.2) is 5.72 Å². The quantitative estimate of drug-likeness (QED) is 0.276. The van der Waals surface area contributed by atoms with E-state index >= 15 is 0 Å². The average Bonchev–Trinajstić information content (AvgIpc) is 3.53. The first-order chi connectivity index (χ1) is 18.6. The van der Waals surface area contributed by atoms with Crippen LogP contribution in [0.15, 0.2) is 48.5 Å². The lowest BCUT2D eigenvalue weighted by atomic mass is 9.90. The van der Waals surface area contributed by atoms with Crippen molar-refractivity contribution in [3.05, 3.63) is 87.4 Å². The van der Waals surface area contributed by atoms with E-state index in [2.05, 4.69) is 20.1 Å². The fraction of sp³-hybridized carbons (Fsp3) is 0.154. The van der Waals surface area contributed by atoms with Gasteiger partial charge in [-0.2, -0.15) is 9.47 Å². The highest BCUT2D eigenvalue weighted by Gasteiger charge is 2.48. The number of carbonyl (C=O) groups is 2. The summed E-state index contributed by atoms with van der Waals surface area (Å²) in [5.41, 5.74) is -2.73. The maximum atomic E-state index is 14.3. The molecule has 5 aromatic rings. The number of hydrogen-bond donors (Lipinski definition) is 3. The third kappa shape index (κ3) is 3.94. The number of fused-ring (bicyclic) bond motifs is 4. The molecule has 3 heterocycles. The number of alkyl halides is 2. The number of hydrogen-bond acceptors (Lipinski definition) is 6. The number of nitrogens with zero attached hydrogens (tertiary/aromatic N) is 3. The molecule has 0 spiro atoms. The first-order valence-corrected chi connectivity index (χ1v) is 12.7. The third-order valence-corrected chi connectivity index (χ3v) is 7.80. The van der Waals surface area contributed by atoms with E-state index in [1.165, 1.54) is 23.9 Å². The molecule has 0 aliphatic carbocycles. The summed E-state index contributed by atoms with van der Waals surface area (Å²) in [6, 6.07) is 11.7. The van der Waals surface area contributed by atoms with E-state index in [9.17, 15) is 27.9 Å². The summed E-state index contributed by atoms with van der Waals surface area (Å²) in [5.74, 6) is -2.21. The van der Waals surface area contributed by atoms with Crippen LogP contribution in [-0.4, -0.2) is 37.5 Å². The zero-order valence-corrected chi connectivity index (χ0v) is 21.5. The first kappa shape index (κ1) is 25.3. The van der Waals surface area contributed by atoms with E-state index in [4.69, 9.17) is 11.6 Å². The SMILES string of the molecule is Cn1nc2c3c(c(NC(=O)c4nsc5ccccc45)cc2c1CC(F)F)C(O)(c1cc(F)ccc1Cl)NC3=O. The van der Waals surface area contributed by atoms with Gasteiger partial charge in [0, 0.05) is 34.0 Å². The van der Waals surface area contributed by atoms with E-state index < -0.39 is 36.2 Å². The van der Waals surface area contributed by atoms with E-state index in [0.29, 0.717) is 5.39 Å². The summed E-state index contributed by atoms with van der Waals surface area (Å²) in [6.45, 7) is 0. The predicted octanol–water partition coefficient (Wildman–Crippen LogP) is 4.97. The fourth-order valence-electron chi connectivity index (χ4n) is 4.96. The number of aromatic nitrogens is 3. The zero-order valence-electron chi connectivity index (χ0n) is 19.9. The van der Waals surface area contributed by atoms with Gasteiger partial charge in [0.25, 0.3) is 11.8 Å². The van der Waals surface area contributed by atoms with Crippen LogP contribution in [0.1, 0.15) is 37.7 Å². The van der Waals surface area contributed by atoms with Crippen LogP contribution in [0.3, 0.4) is 0 Å². The van der Waals surface area contributed by atoms with Gasteiger partial charge in [0.05, 0.1) is 28.1 Å². The number of anilines is 1. The van der Waals surface area contributed by atoms with Gasteiger partial charge in [0.2, 0.25) is 6.43 Å². The number of halogens is 4. The van der Waals surface area contributed by atoms with Crippen molar-refractivity contribution in [3.63, 3.8) is 0 Å². The molecule has 2 amide bonds. The number of benzene rings is 3. The van der Waals surface area contributed by atoms with Crippen LogP contribution in [0.25, 0.3) is 21.0 Å². The second kappa shape index (κ2) is 9.04. The predicted molar refractivity (Wildman–Crippen MR) is 140 cm³/mol. The van der Waals surface area contributed by atoms with Crippen molar-refractivity contribution in [2.24, 2.45) is 7.05 Å². The van der Waals surface area contributed by atoms with Crippen molar-refractivity contribution in [2.75, 3.05) is 5.32 Å². The third-order valence-electron chi connectivity index (χ3n) is 6.64. The molecule has 1 aliphatic heterocycles. The van der Waals surface area contributed by atoms with Crippen LogP contribution in [0.4, 0.5) is 18.9 Å². The van der Waals surface area contributed by atoms with Crippen LogP contribution in [0.5, 0.6) is 0 Å². The minimum Gasteiger partial charge on any atom is -0.363 e. The minimum atomic E-state index is -2.71. The molecule has 0 bridgehead atoms. The maximum absolute atomic E-state index is 14.3. The fourth-order valence-corrected chi connectivity index (χ4v) is 5.99. The largest absolute Gasteiger partial charge is 0.363 e. The molecule has 1 atom stereocenters. The molecule has 2 aromatic heterocycles. The number of rotatable bonds is 5. The summed E-state index contributed by atoms with van der Waals surface area (Å²) >= 11 is 7.42. The van der Waals surface area contributed by atoms with Crippen molar-refractivity contribution in [2.45, 2.75) is 18.6 Å². The molecular formula is C26H17ClF3N5O3S. The number of nitrogens with one attached hydrogen (secondary N) is 2. The van der Waals surface area contributed by atoms with Crippen molar-refractivity contribution in [1.82, 2.24) is 19.5 Å². The number of carbonyl (C=O) groups excluding carboxylic acids is 2. The number of aryl methyl sites for hydroxylation is 1. The molecule has 3 N–H and O–H groups in total. The molecule has 13 heteroatoms. The molecule has 8 nitrogen and oxygen atoms in total. The van der Waals surface area contributed by atoms with Crippen LogP contribution in [-0.2, 0) is 19.2 Å². The zero-order chi connectivity index (χ0) is 27.6. The van der Waals surface area contributed by atoms with Crippen LogP contribution >= 0.6 is 23.1 Å². The topological polar surface area (TPSA) is 109 Å². The monoisotopic (exact) mass is 571 g/mol. The van der Waals surface area contributed by atoms with Gasteiger partial charge in [-0.1, -0.05) is 29.8 Å². The Labute approximate surface area is 227 Å². The van der Waals surface area contributed by atoms with Gasteiger partial charge in [-0.3, -0.25) is 14.3 Å². The highest BCUT2D eigenvalue weighted by molar-refractivity contribution is 7.13. The molecule has 6 rings (SSSR count). The Bertz CT molecular complexity index is 1840. The number of amides is 2. The lowest BCUT2D eigenvalue weighted by Gasteiger charge is -2.27. The van der Waals surface area contributed by atoms with E-state index in [-0.39, 0.29) is 49.7 Å². The standard InChI is InChI=1S/C26H17ClF3N5O3S/c1-35-17(10-19(29)30)13-9-16(31-25(37)23-12-4-2-3-5-18(12)39-34-23)21-20(22(13)33-35)24(36)32-26(21,38)14-8-11(28)6-7-15(14)27/h2-9,19,38H,10H2,1H3,(H,31,37)(H,32,36). The summed E-state index contributed by atoms with van der Waals surface area (Å²) in [6.07, 6.45) is -3.38. The summed E-state index contributed by atoms with van der Waals surface area (Å²) in [7, 11) is 1.45. The second-order valence-corrected chi connectivity index (χ2v) is 10.2. The lowest BCUT2D eigenvalue weighted by molar-refractivity contribution is 0.0479. The van der Waals surface area contributed by atoms with Gasteiger partial charge < -0.3 is 15.7 Å². The smallest absolute Gasteiger partial charge is 0.276 e. The van der Waals surface area contributed by atoms with Gasteiger partial charge in [-0.25, -0.2) is 13.2 Å². The van der Waals surface area contributed by atoms with Gasteiger partial charge >= 0.3 is 0 Å². The van der Waals surface area contributed by atoms with Crippen LogP contribution < -0.4 is 10.6 Å². The van der Waals surface area contributed by atoms with E-state index in [1.54, 1.807) is 24.3 Å². The normalized spacial score (nSPS) is 16.7. The molecule has 0 fully saturated rings. The molecule has 198 valence electrons. The molecular weight excluding hydrogens is 555 g/mol. The van der Waals surface area contributed by atoms with Crippen molar-refractivity contribution in [3.8, 4) is 0 Å². The average molecular weight is 572 g/mol. The molecule has 1 unspecified atom stereocenters. The Hall–Kier alpha value is -4.00. The molecule has 0 saturated carbocycles. The highest BCUT2D eigenvalue weighted by Crippen LogP contribution is 2.46. The Morgan fingerprint density at radius 1 is 1.23 bits per heavy atom. The highest BCUT2D eigenvalue weighted by atomic mass is 35.5. The lowest BCUT2D eigenvalue weighted by Crippen LogP contribution is -2.41. The van der Waals surface area contributed by atoms with E-state index in [0.717, 1.165) is 28.4 Å². The molecule has 3 aromatic carbocycles. The molecule has 1 aliphatic rings. The Morgan fingerprint density at radius 2 is 2.00 bits per heavy atom. The van der Waals surface area contributed by atoms with Crippen LogP contribution in [0.2, 0.25) is 5.02 Å². The van der Waals surface area contributed by atoms with E-state index in [1.807, 2.05) is 0 Å². The summed E-state index contributed by atoms with van der Waals surface area (Å²) in [4.78, 5) is 26.8. The van der Waals surface area contributed by atoms with Gasteiger partial charge in [-0.05, 0) is 41.9 Å². The maximum Gasteiger partial charge on any atom is 0.276 e. The van der Waals surface area contributed by atoms with Crippen LogP contribution in [0, 0.1) is 5.82 Å². The van der Waals surface area contributed by atoms with Gasteiger partial charge in [-0.15, -0.1) is 0 Å². The van der Waals surface area contributed by atoms with Crippen molar-refractivity contribution >= 4 is 61.6 Å². The molecule has 0 saturated heterocycles. The van der Waals surface area contributed by atoms with Crippen molar-refractivity contribution < 1.29 is 27.9 Å². The van der Waals surface area contributed by atoms with Crippen molar-refractivity contribution in [1.29, 1.82) is 0 Å². The summed E-state index contributed by atoms with van der Waals surface area (Å²) < 4.78 is 47.4. The van der Waals surface area contributed by atoms with Gasteiger partial charge in [0.1, 0.15) is 17.0 Å². The first-order valence-electron chi connectivity index (χ1n) is 11.6. The number of aliphatic hydroxyl groups is 1. The molecule has 39 heavy (non-hydrogen) atoms. The second-order valence-electron chi connectivity index (χ2n) is 9.01. The summed E-state index contributed by atoms with van der Waals surface area (Å²) in [5, 5.41) is 22.0. The Balaban J connectivity index is 1.61. The Morgan fingerprint density at radius 3 is 2.77 bits per heavy atom. The minimum absolute atomic E-state index is 0.0289.